The maximum absolute atomic E-state index is 14.2. The lowest BCUT2D eigenvalue weighted by molar-refractivity contribution is 0.386. The van der Waals surface area contributed by atoms with Crippen LogP contribution in [0.25, 0.3) is 33.3 Å². The van der Waals surface area contributed by atoms with Gasteiger partial charge in [-0.1, -0.05) is 0 Å². The number of halogens is 4. The minimum Gasteiger partial charge on any atom is -0.493 e. The van der Waals surface area contributed by atoms with Crippen molar-refractivity contribution in [1.82, 2.24) is 9.97 Å². The van der Waals surface area contributed by atoms with Crippen LogP contribution in [0.1, 0.15) is 0 Å². The Balaban J connectivity index is 1.95. The predicted octanol–water partition coefficient (Wildman–Crippen LogP) is 5.04. The highest BCUT2D eigenvalue weighted by molar-refractivity contribution is 5.97. The smallest absolute Gasteiger partial charge is 0.168 e. The molecule has 0 spiro atoms. The first-order chi connectivity index (χ1) is 13.4. The number of anilines is 1. The standard InChI is InChI=1S/C20H13F4N3O/c1-28-19-12(3-10(21)4-17(19)24)14-8-27-20-13(14)2-9(7-26-20)11-5-18(25)16(23)6-15(11)22/h2-8H,25H2,1H3,(H,26,27). The first-order valence-corrected chi connectivity index (χ1v) is 8.14. The van der Waals surface area contributed by atoms with Crippen LogP contribution in [0.2, 0.25) is 0 Å². The number of fused-ring (bicyclic) bond motifs is 1. The summed E-state index contributed by atoms with van der Waals surface area (Å²) in [4.78, 5) is 7.11. The van der Waals surface area contributed by atoms with E-state index in [2.05, 4.69) is 9.97 Å². The Morgan fingerprint density at radius 2 is 1.68 bits per heavy atom. The van der Waals surface area contributed by atoms with E-state index >= 15 is 0 Å². The number of nitrogens with zero attached hydrogens (tertiary/aromatic N) is 1. The fourth-order valence-corrected chi connectivity index (χ4v) is 3.13. The molecule has 2 aromatic carbocycles. The molecule has 0 radical (unpaired) electrons. The summed E-state index contributed by atoms with van der Waals surface area (Å²) in [5.74, 6) is -3.43. The van der Waals surface area contributed by atoms with Gasteiger partial charge in [-0.25, -0.2) is 22.5 Å². The number of ether oxygens (including phenoxy) is 1. The van der Waals surface area contributed by atoms with Crippen LogP contribution >= 0.6 is 0 Å². The molecule has 0 saturated carbocycles. The molecule has 0 saturated heterocycles. The molecule has 142 valence electrons. The van der Waals surface area contributed by atoms with Crippen molar-refractivity contribution in [3.05, 3.63) is 66.0 Å². The topological polar surface area (TPSA) is 63.9 Å². The quantitative estimate of drug-likeness (QED) is 0.382. The highest BCUT2D eigenvalue weighted by atomic mass is 19.1. The molecule has 4 rings (SSSR count). The Kier molecular flexibility index (Phi) is 4.18. The summed E-state index contributed by atoms with van der Waals surface area (Å²) in [6.07, 6.45) is 2.91. The molecule has 0 aliphatic heterocycles. The second-order valence-corrected chi connectivity index (χ2v) is 6.14. The molecule has 4 aromatic rings. The van der Waals surface area contributed by atoms with Crippen LogP contribution in [0.3, 0.4) is 0 Å². The average Bonchev–Trinajstić information content (AvgIpc) is 3.07. The SMILES string of the molecule is COc1c(F)cc(F)cc1-c1c[nH]c2ncc(-c3cc(N)c(F)cc3F)cc12. The Morgan fingerprint density at radius 3 is 2.43 bits per heavy atom. The molecule has 0 atom stereocenters. The minimum absolute atomic E-state index is 0.0536. The molecule has 8 heteroatoms. The van der Waals surface area contributed by atoms with E-state index < -0.39 is 23.3 Å². The van der Waals surface area contributed by atoms with Crippen molar-refractivity contribution in [1.29, 1.82) is 0 Å². The lowest BCUT2D eigenvalue weighted by Gasteiger charge is -2.10. The van der Waals surface area contributed by atoms with E-state index in [9.17, 15) is 17.6 Å². The van der Waals surface area contributed by atoms with E-state index in [1.807, 2.05) is 0 Å². The number of nitrogens with one attached hydrogen (secondary N) is 1. The van der Waals surface area contributed by atoms with Gasteiger partial charge in [0.1, 0.15) is 23.1 Å². The van der Waals surface area contributed by atoms with Gasteiger partial charge in [0.05, 0.1) is 12.8 Å². The second kappa shape index (κ2) is 6.56. The first-order valence-electron chi connectivity index (χ1n) is 8.14. The van der Waals surface area contributed by atoms with Crippen molar-refractivity contribution in [2.75, 3.05) is 12.8 Å². The van der Waals surface area contributed by atoms with Crippen LogP contribution in [0.4, 0.5) is 23.2 Å². The zero-order valence-corrected chi connectivity index (χ0v) is 14.5. The predicted molar refractivity (Wildman–Crippen MR) is 97.8 cm³/mol. The molecule has 0 bridgehead atoms. The molecule has 28 heavy (non-hydrogen) atoms. The Morgan fingerprint density at radius 1 is 0.893 bits per heavy atom. The fourth-order valence-electron chi connectivity index (χ4n) is 3.13. The van der Waals surface area contributed by atoms with Gasteiger partial charge in [-0.3, -0.25) is 0 Å². The maximum atomic E-state index is 14.2. The number of nitrogen functional groups attached to an aromatic ring is 1. The van der Waals surface area contributed by atoms with E-state index in [-0.39, 0.29) is 22.6 Å². The highest BCUT2D eigenvalue weighted by Gasteiger charge is 2.18. The van der Waals surface area contributed by atoms with Crippen molar-refractivity contribution in [3.63, 3.8) is 0 Å². The van der Waals surface area contributed by atoms with Crippen LogP contribution in [-0.2, 0) is 0 Å². The summed E-state index contributed by atoms with van der Waals surface area (Å²) >= 11 is 0. The number of aromatic nitrogens is 2. The third kappa shape index (κ3) is 2.83. The van der Waals surface area contributed by atoms with Gasteiger partial charge in [-0.2, -0.15) is 0 Å². The van der Waals surface area contributed by atoms with E-state index in [1.165, 1.54) is 25.6 Å². The number of rotatable bonds is 3. The monoisotopic (exact) mass is 387 g/mol. The summed E-state index contributed by atoms with van der Waals surface area (Å²) in [5.41, 5.74) is 6.72. The fraction of sp³-hybridized carbons (Fsp3) is 0.0500. The Hall–Kier alpha value is -3.55. The lowest BCUT2D eigenvalue weighted by atomic mass is 10.0. The van der Waals surface area contributed by atoms with E-state index in [0.29, 0.717) is 28.2 Å². The van der Waals surface area contributed by atoms with Crippen molar-refractivity contribution < 1.29 is 22.3 Å². The number of hydrogen-bond donors (Lipinski definition) is 2. The van der Waals surface area contributed by atoms with Gasteiger partial charge in [-0.15, -0.1) is 0 Å². The van der Waals surface area contributed by atoms with E-state index in [1.54, 1.807) is 6.07 Å². The number of hydrogen-bond acceptors (Lipinski definition) is 3. The number of pyridine rings is 1. The third-order valence-electron chi connectivity index (χ3n) is 4.43. The number of aromatic amines is 1. The van der Waals surface area contributed by atoms with Gasteiger partial charge >= 0.3 is 0 Å². The van der Waals surface area contributed by atoms with Crippen LogP contribution in [0, 0.1) is 23.3 Å². The molecule has 2 heterocycles. The van der Waals surface area contributed by atoms with Crippen LogP contribution in [-0.4, -0.2) is 17.1 Å². The molecular formula is C20H13F4N3O. The third-order valence-corrected chi connectivity index (χ3v) is 4.43. The average molecular weight is 387 g/mol. The minimum atomic E-state index is -0.863. The summed E-state index contributed by atoms with van der Waals surface area (Å²) in [6.45, 7) is 0. The summed E-state index contributed by atoms with van der Waals surface area (Å²) in [5, 5.41) is 0.475. The number of nitrogens with two attached hydrogens (primary N) is 1. The zero-order valence-electron chi connectivity index (χ0n) is 14.5. The van der Waals surface area contributed by atoms with Crippen LogP contribution in [0.15, 0.2) is 42.7 Å². The van der Waals surface area contributed by atoms with Crippen molar-refractivity contribution >= 4 is 16.7 Å². The van der Waals surface area contributed by atoms with Crippen LogP contribution < -0.4 is 10.5 Å². The lowest BCUT2D eigenvalue weighted by Crippen LogP contribution is -1.95. The van der Waals surface area contributed by atoms with Gasteiger partial charge in [-0.05, 0) is 18.2 Å². The molecule has 4 nitrogen and oxygen atoms in total. The Labute approximate surface area is 156 Å². The van der Waals surface area contributed by atoms with Crippen molar-refractivity contribution in [3.8, 4) is 28.0 Å². The zero-order chi connectivity index (χ0) is 20.0. The van der Waals surface area contributed by atoms with Gasteiger partial charge in [0.15, 0.2) is 11.6 Å². The summed E-state index contributed by atoms with van der Waals surface area (Å²) < 4.78 is 60.7. The normalized spacial score (nSPS) is 11.2. The molecule has 0 amide bonds. The highest BCUT2D eigenvalue weighted by Crippen LogP contribution is 2.38. The second-order valence-electron chi connectivity index (χ2n) is 6.14. The van der Waals surface area contributed by atoms with Crippen molar-refractivity contribution in [2.45, 2.75) is 0 Å². The maximum Gasteiger partial charge on any atom is 0.168 e. The molecule has 2 aromatic heterocycles. The van der Waals surface area contributed by atoms with E-state index in [0.717, 1.165) is 12.1 Å². The molecule has 3 N–H and O–H groups in total. The number of benzene rings is 2. The van der Waals surface area contributed by atoms with Gasteiger partial charge in [0.25, 0.3) is 0 Å². The molecule has 0 unspecified atom stereocenters. The number of methoxy groups -OCH3 is 1. The molecular weight excluding hydrogens is 374 g/mol. The number of H-pyrrole nitrogens is 1. The summed E-state index contributed by atoms with van der Waals surface area (Å²) in [6, 6.07) is 5.29. The van der Waals surface area contributed by atoms with Crippen LogP contribution in [0.5, 0.6) is 5.75 Å². The first kappa shape index (κ1) is 17.8. The van der Waals surface area contributed by atoms with Gasteiger partial charge in [0.2, 0.25) is 0 Å². The van der Waals surface area contributed by atoms with Gasteiger partial charge < -0.3 is 15.5 Å². The Bertz CT molecular complexity index is 1220. The van der Waals surface area contributed by atoms with Crippen molar-refractivity contribution in [2.24, 2.45) is 0 Å². The van der Waals surface area contributed by atoms with Gasteiger partial charge in [0, 0.05) is 52.2 Å². The molecule has 0 fully saturated rings. The molecule has 0 aliphatic rings. The largest absolute Gasteiger partial charge is 0.493 e. The molecule has 0 aliphatic carbocycles. The summed E-state index contributed by atoms with van der Waals surface area (Å²) in [7, 11) is 1.27. The van der Waals surface area contributed by atoms with E-state index in [4.69, 9.17) is 10.5 Å².